The zero-order chi connectivity index (χ0) is 14.5. The number of benzene rings is 1. The number of hydrogen-bond acceptors (Lipinski definition) is 4. The second kappa shape index (κ2) is 7.35. The monoisotopic (exact) mass is 447 g/mol. The van der Waals surface area contributed by atoms with Crippen LogP contribution in [0.15, 0.2) is 41.1 Å². The number of ether oxygens (including phenoxy) is 1. The van der Waals surface area contributed by atoms with Gasteiger partial charge in [0.25, 0.3) is 0 Å². The fourth-order valence-corrected chi connectivity index (χ4v) is 2.97. The van der Waals surface area contributed by atoms with Crippen molar-refractivity contribution < 1.29 is 4.74 Å². The highest BCUT2D eigenvalue weighted by Crippen LogP contribution is 2.29. The molecule has 0 bridgehead atoms. The predicted octanol–water partition coefficient (Wildman–Crippen LogP) is 3.40. The molecule has 0 aliphatic rings. The number of nitrogens with zero attached hydrogens (tertiary/aromatic N) is 1. The smallest absolute Gasteiger partial charge is 0.137 e. The first-order chi connectivity index (χ1) is 9.65. The van der Waals surface area contributed by atoms with E-state index in [1.807, 2.05) is 25.1 Å². The minimum absolute atomic E-state index is 0.132. The van der Waals surface area contributed by atoms with E-state index in [4.69, 9.17) is 10.6 Å². The number of nitrogens with one attached hydrogen (secondary N) is 1. The fourth-order valence-electron chi connectivity index (χ4n) is 1.94. The molecule has 106 valence electrons. The quantitative estimate of drug-likeness (QED) is 0.419. The average Bonchev–Trinajstić information content (AvgIpc) is 2.44. The lowest BCUT2D eigenvalue weighted by Gasteiger charge is -2.19. The Morgan fingerprint density at radius 3 is 2.90 bits per heavy atom. The number of hydrogen-bond donors (Lipinski definition) is 2. The van der Waals surface area contributed by atoms with Crippen LogP contribution in [-0.4, -0.2) is 11.6 Å². The summed E-state index contributed by atoms with van der Waals surface area (Å²) in [5.74, 6) is 6.49. The SMILES string of the molecule is CCOc1cncc(C(NN)c2cc(Br)ccc2I)c1. The number of nitrogens with two attached hydrogens (primary N) is 1. The van der Waals surface area contributed by atoms with Crippen LogP contribution >= 0.6 is 38.5 Å². The highest BCUT2D eigenvalue weighted by Gasteiger charge is 2.17. The summed E-state index contributed by atoms with van der Waals surface area (Å²) in [6.45, 7) is 2.56. The summed E-state index contributed by atoms with van der Waals surface area (Å²) >= 11 is 5.79. The molecule has 1 aromatic heterocycles. The molecule has 0 saturated carbocycles. The lowest BCUT2D eigenvalue weighted by Crippen LogP contribution is -2.29. The number of halogens is 2. The highest BCUT2D eigenvalue weighted by atomic mass is 127. The van der Waals surface area contributed by atoms with Gasteiger partial charge < -0.3 is 4.74 Å². The second-order valence-corrected chi connectivity index (χ2v) is 6.23. The summed E-state index contributed by atoms with van der Waals surface area (Å²) in [6.07, 6.45) is 3.50. The van der Waals surface area contributed by atoms with E-state index in [1.54, 1.807) is 12.4 Å². The van der Waals surface area contributed by atoms with Gasteiger partial charge in [0.1, 0.15) is 5.75 Å². The molecule has 0 radical (unpaired) electrons. The van der Waals surface area contributed by atoms with E-state index < -0.39 is 0 Å². The van der Waals surface area contributed by atoms with Crippen molar-refractivity contribution in [1.82, 2.24) is 10.4 Å². The van der Waals surface area contributed by atoms with Gasteiger partial charge in [-0.25, -0.2) is 5.43 Å². The molecule has 3 N–H and O–H groups in total. The third-order valence-electron chi connectivity index (χ3n) is 2.81. The Kier molecular flexibility index (Phi) is 5.76. The van der Waals surface area contributed by atoms with Crippen LogP contribution in [0.2, 0.25) is 0 Å². The minimum atomic E-state index is -0.132. The summed E-state index contributed by atoms with van der Waals surface area (Å²) in [4.78, 5) is 4.21. The zero-order valence-corrected chi connectivity index (χ0v) is 14.7. The molecule has 1 heterocycles. The first-order valence-corrected chi connectivity index (χ1v) is 8.01. The van der Waals surface area contributed by atoms with Gasteiger partial charge in [-0.15, -0.1) is 0 Å². The highest BCUT2D eigenvalue weighted by molar-refractivity contribution is 14.1. The summed E-state index contributed by atoms with van der Waals surface area (Å²) < 4.78 is 7.64. The Bertz CT molecular complexity index is 594. The van der Waals surface area contributed by atoms with Gasteiger partial charge in [0.2, 0.25) is 0 Å². The molecule has 4 nitrogen and oxygen atoms in total. The molecule has 1 unspecified atom stereocenters. The lowest BCUT2D eigenvalue weighted by atomic mass is 10.0. The number of pyridine rings is 1. The first kappa shape index (κ1) is 15.7. The fraction of sp³-hybridized carbons (Fsp3) is 0.214. The van der Waals surface area contributed by atoms with Crippen LogP contribution in [0.1, 0.15) is 24.1 Å². The molecule has 2 aromatic rings. The molecule has 6 heteroatoms. The molecule has 0 aliphatic heterocycles. The van der Waals surface area contributed by atoms with Gasteiger partial charge in [-0.3, -0.25) is 10.8 Å². The van der Waals surface area contributed by atoms with Crippen LogP contribution < -0.4 is 16.0 Å². The van der Waals surface area contributed by atoms with E-state index in [2.05, 4.69) is 55.0 Å². The van der Waals surface area contributed by atoms with Crippen molar-refractivity contribution in [2.75, 3.05) is 6.61 Å². The Balaban J connectivity index is 2.41. The van der Waals surface area contributed by atoms with E-state index in [0.29, 0.717) is 6.61 Å². The van der Waals surface area contributed by atoms with Crippen LogP contribution in [0.4, 0.5) is 0 Å². The standard InChI is InChI=1S/C14H15BrIN3O/c1-2-20-11-5-9(7-18-8-11)14(19-17)12-6-10(15)3-4-13(12)16/h3-8,14,19H,2,17H2,1H3. The first-order valence-electron chi connectivity index (χ1n) is 6.14. The molecule has 0 spiro atoms. The summed E-state index contributed by atoms with van der Waals surface area (Å²) in [5, 5.41) is 0. The maximum Gasteiger partial charge on any atom is 0.137 e. The average molecular weight is 448 g/mol. The predicted molar refractivity (Wildman–Crippen MR) is 91.4 cm³/mol. The third-order valence-corrected chi connectivity index (χ3v) is 4.29. The molecule has 2 rings (SSSR count). The van der Waals surface area contributed by atoms with Gasteiger partial charge >= 0.3 is 0 Å². The van der Waals surface area contributed by atoms with Crippen LogP contribution in [-0.2, 0) is 0 Å². The molecular formula is C14H15BrIN3O. The Hall–Kier alpha value is -0.700. The van der Waals surface area contributed by atoms with Crippen LogP contribution in [0.25, 0.3) is 0 Å². The van der Waals surface area contributed by atoms with Crippen LogP contribution in [0.3, 0.4) is 0 Å². The van der Waals surface area contributed by atoms with Crippen molar-refractivity contribution in [3.05, 3.63) is 55.8 Å². The summed E-state index contributed by atoms with van der Waals surface area (Å²) in [5.41, 5.74) is 4.91. The minimum Gasteiger partial charge on any atom is -0.492 e. The molecule has 20 heavy (non-hydrogen) atoms. The maximum absolute atomic E-state index is 5.74. The Morgan fingerprint density at radius 1 is 1.40 bits per heavy atom. The molecule has 0 aliphatic carbocycles. The Labute approximate surface area is 140 Å². The van der Waals surface area contributed by atoms with Gasteiger partial charge in [-0.05, 0) is 64.9 Å². The topological polar surface area (TPSA) is 60.2 Å². The molecule has 0 amide bonds. The van der Waals surface area contributed by atoms with Crippen molar-refractivity contribution in [1.29, 1.82) is 0 Å². The lowest BCUT2D eigenvalue weighted by molar-refractivity contribution is 0.338. The van der Waals surface area contributed by atoms with Gasteiger partial charge in [0, 0.05) is 14.2 Å². The van der Waals surface area contributed by atoms with Crippen molar-refractivity contribution >= 4 is 38.5 Å². The zero-order valence-electron chi connectivity index (χ0n) is 10.9. The van der Waals surface area contributed by atoms with Crippen molar-refractivity contribution in [2.24, 2.45) is 5.84 Å². The molecule has 1 atom stereocenters. The molecule has 1 aromatic carbocycles. The van der Waals surface area contributed by atoms with Gasteiger partial charge in [-0.1, -0.05) is 15.9 Å². The molecule has 0 fully saturated rings. The Morgan fingerprint density at radius 2 is 2.20 bits per heavy atom. The van der Waals surface area contributed by atoms with Gasteiger partial charge in [-0.2, -0.15) is 0 Å². The van der Waals surface area contributed by atoms with E-state index in [9.17, 15) is 0 Å². The van der Waals surface area contributed by atoms with E-state index in [1.165, 1.54) is 0 Å². The third kappa shape index (κ3) is 3.69. The molecular weight excluding hydrogens is 433 g/mol. The van der Waals surface area contributed by atoms with Crippen LogP contribution in [0.5, 0.6) is 5.75 Å². The largest absolute Gasteiger partial charge is 0.492 e. The van der Waals surface area contributed by atoms with Crippen molar-refractivity contribution in [3.63, 3.8) is 0 Å². The number of hydrazine groups is 1. The van der Waals surface area contributed by atoms with Crippen molar-refractivity contribution in [3.8, 4) is 5.75 Å². The van der Waals surface area contributed by atoms with E-state index in [-0.39, 0.29) is 6.04 Å². The van der Waals surface area contributed by atoms with E-state index >= 15 is 0 Å². The van der Waals surface area contributed by atoms with Gasteiger partial charge in [0.05, 0.1) is 18.8 Å². The summed E-state index contributed by atoms with van der Waals surface area (Å²) in [6, 6.07) is 7.93. The number of aromatic nitrogens is 1. The normalized spacial score (nSPS) is 12.2. The van der Waals surface area contributed by atoms with Crippen molar-refractivity contribution in [2.45, 2.75) is 13.0 Å². The number of rotatable bonds is 5. The second-order valence-electron chi connectivity index (χ2n) is 4.15. The van der Waals surface area contributed by atoms with Gasteiger partial charge in [0.15, 0.2) is 0 Å². The van der Waals surface area contributed by atoms with E-state index in [0.717, 1.165) is 24.9 Å². The molecule has 0 saturated heterocycles. The summed E-state index contributed by atoms with van der Waals surface area (Å²) in [7, 11) is 0. The van der Waals surface area contributed by atoms with Crippen LogP contribution in [0, 0.1) is 3.57 Å². The maximum atomic E-state index is 5.74.